The van der Waals surface area contributed by atoms with Crippen LogP contribution in [0.3, 0.4) is 0 Å². The molecule has 1 fully saturated rings. The van der Waals surface area contributed by atoms with Crippen LogP contribution in [0.25, 0.3) is 0 Å². The molecule has 37 heavy (non-hydrogen) atoms. The Hall–Kier alpha value is -1.82. The van der Waals surface area contributed by atoms with Crippen molar-refractivity contribution in [2.75, 3.05) is 0 Å². The fourth-order valence-corrected chi connectivity index (χ4v) is 5.48. The molecule has 3 aromatic rings. The zero-order valence-electron chi connectivity index (χ0n) is 22.4. The molecule has 0 saturated heterocycles. The van der Waals surface area contributed by atoms with Crippen LogP contribution in [0.5, 0.6) is 0 Å². The summed E-state index contributed by atoms with van der Waals surface area (Å²) >= 11 is 0. The van der Waals surface area contributed by atoms with Crippen molar-refractivity contribution in [2.45, 2.75) is 58.5 Å². The number of sulfonamides is 1. The number of nitrogens with two attached hydrogens (primary N) is 1. The SMILES string of the molecule is C[C]1[C](C)[C](C)[C](C)[C]1C.Cc1ccc(S(=O)(=O)N[C@H](c2ccccc2)[C@H](N)c2ccccc2)cc1.[Ir+3]. The number of hydrogen-bond donors (Lipinski definition) is 2. The second kappa shape index (κ2) is 13.8. The van der Waals surface area contributed by atoms with Crippen LogP contribution in [0.15, 0.2) is 89.8 Å². The third-order valence-corrected chi connectivity index (χ3v) is 8.59. The summed E-state index contributed by atoms with van der Waals surface area (Å²) in [6.45, 7) is 12.9. The van der Waals surface area contributed by atoms with Crippen molar-refractivity contribution < 1.29 is 28.5 Å². The Bertz CT molecular complexity index is 1140. The fraction of sp³-hybridized carbons (Fsp3) is 0.258. The molecule has 0 heterocycles. The van der Waals surface area contributed by atoms with Crippen molar-refractivity contribution in [1.29, 1.82) is 0 Å². The first kappa shape index (κ1) is 31.4. The van der Waals surface area contributed by atoms with Crippen LogP contribution in [0.4, 0.5) is 0 Å². The van der Waals surface area contributed by atoms with Gasteiger partial charge >= 0.3 is 20.1 Å². The van der Waals surface area contributed by atoms with Gasteiger partial charge in [-0.05, 0) is 59.8 Å². The Morgan fingerprint density at radius 1 is 0.595 bits per heavy atom. The second-order valence-electron chi connectivity index (χ2n) is 9.38. The molecule has 0 aliphatic heterocycles. The van der Waals surface area contributed by atoms with Crippen molar-refractivity contribution in [1.82, 2.24) is 4.72 Å². The largest absolute Gasteiger partial charge is 3.00 e. The van der Waals surface area contributed by atoms with E-state index in [1.807, 2.05) is 67.6 Å². The molecule has 0 bridgehead atoms. The summed E-state index contributed by atoms with van der Waals surface area (Å²) in [4.78, 5) is 0.226. The quantitative estimate of drug-likeness (QED) is 0.303. The first-order chi connectivity index (χ1) is 17.0. The van der Waals surface area contributed by atoms with Gasteiger partial charge in [0.25, 0.3) is 0 Å². The third kappa shape index (κ3) is 7.84. The van der Waals surface area contributed by atoms with Crippen LogP contribution >= 0.6 is 0 Å². The van der Waals surface area contributed by atoms with E-state index >= 15 is 0 Å². The first-order valence-corrected chi connectivity index (χ1v) is 13.7. The molecule has 5 radical (unpaired) electrons. The minimum absolute atomic E-state index is 0. The topological polar surface area (TPSA) is 72.2 Å². The molecule has 195 valence electrons. The molecule has 0 amide bonds. The molecule has 0 spiro atoms. The van der Waals surface area contributed by atoms with E-state index in [2.05, 4.69) is 39.3 Å². The molecule has 0 unspecified atom stereocenters. The molecule has 1 aliphatic carbocycles. The van der Waals surface area contributed by atoms with Crippen LogP contribution in [-0.2, 0) is 30.1 Å². The van der Waals surface area contributed by atoms with Crippen molar-refractivity contribution >= 4 is 10.0 Å². The molecule has 4 rings (SSSR count). The number of benzene rings is 3. The summed E-state index contributed by atoms with van der Waals surface area (Å²) in [5.74, 6) is 7.34. The maximum atomic E-state index is 12.9. The minimum atomic E-state index is -3.71. The molecule has 1 saturated carbocycles. The zero-order chi connectivity index (χ0) is 26.5. The normalized spacial score (nSPS) is 17.5. The van der Waals surface area contributed by atoms with E-state index in [1.54, 1.807) is 24.3 Å². The molecular formula is C31H37IrN2O2S+3. The number of hydrogen-bond acceptors (Lipinski definition) is 3. The van der Waals surface area contributed by atoms with Crippen LogP contribution in [-0.4, -0.2) is 8.42 Å². The summed E-state index contributed by atoms with van der Waals surface area (Å²) in [6.07, 6.45) is 0. The summed E-state index contributed by atoms with van der Waals surface area (Å²) < 4.78 is 28.6. The van der Waals surface area contributed by atoms with E-state index in [9.17, 15) is 8.42 Å². The van der Waals surface area contributed by atoms with Crippen LogP contribution in [0.1, 0.15) is 63.4 Å². The number of aryl methyl sites for hydroxylation is 1. The van der Waals surface area contributed by atoms with Gasteiger partial charge < -0.3 is 5.73 Å². The van der Waals surface area contributed by atoms with Gasteiger partial charge in [0, 0.05) is 0 Å². The van der Waals surface area contributed by atoms with Crippen LogP contribution in [0.2, 0.25) is 0 Å². The van der Waals surface area contributed by atoms with Gasteiger partial charge in [0.05, 0.1) is 17.0 Å². The molecule has 1 aliphatic rings. The molecule has 3 N–H and O–H groups in total. The Balaban J connectivity index is 0.000000369. The number of nitrogens with one attached hydrogen (secondary N) is 1. The predicted octanol–water partition coefficient (Wildman–Crippen LogP) is 6.68. The van der Waals surface area contributed by atoms with Crippen molar-refractivity contribution in [3.05, 3.63) is 131 Å². The van der Waals surface area contributed by atoms with E-state index in [0.717, 1.165) is 16.7 Å². The van der Waals surface area contributed by atoms with E-state index in [4.69, 9.17) is 5.73 Å². The van der Waals surface area contributed by atoms with E-state index in [-0.39, 0.29) is 25.0 Å². The van der Waals surface area contributed by atoms with Crippen molar-refractivity contribution in [3.8, 4) is 0 Å². The van der Waals surface area contributed by atoms with Gasteiger partial charge in [-0.25, -0.2) is 13.1 Å². The smallest absolute Gasteiger partial charge is 0.322 e. The summed E-state index contributed by atoms with van der Waals surface area (Å²) in [6, 6.07) is 24.6. The van der Waals surface area contributed by atoms with Gasteiger partial charge in [0.1, 0.15) is 0 Å². The molecule has 4 nitrogen and oxygen atoms in total. The molecular weight excluding hydrogens is 657 g/mol. The van der Waals surface area contributed by atoms with Crippen LogP contribution in [0, 0.1) is 36.5 Å². The standard InChI is InChI=1S/C21H22N2O2S.C10H15.Ir/c1-16-12-14-19(15-13-16)26(24,25)23-21(18-10-6-3-7-11-18)20(22)17-8-4-2-5-9-17;1-6-7(2)9(4)10(5)8(6)3;/h2-15,20-21,23H,22H2,1H3;1-5H3;/q;;+3/t20-,21-;;/m1../s1. The minimum Gasteiger partial charge on any atom is -0.322 e. The first-order valence-electron chi connectivity index (χ1n) is 12.2. The van der Waals surface area contributed by atoms with Gasteiger partial charge in [-0.1, -0.05) is 113 Å². The van der Waals surface area contributed by atoms with Gasteiger partial charge in [0.2, 0.25) is 10.0 Å². The second-order valence-corrected chi connectivity index (χ2v) is 11.1. The molecule has 2 atom stereocenters. The third-order valence-electron chi connectivity index (χ3n) is 7.13. The average Bonchev–Trinajstić information content (AvgIpc) is 3.06. The summed E-state index contributed by atoms with van der Waals surface area (Å²) in [5.41, 5.74) is 9.15. The van der Waals surface area contributed by atoms with Gasteiger partial charge in [-0.2, -0.15) is 0 Å². The van der Waals surface area contributed by atoms with E-state index in [1.165, 1.54) is 29.6 Å². The summed E-state index contributed by atoms with van der Waals surface area (Å²) in [7, 11) is -3.71. The summed E-state index contributed by atoms with van der Waals surface area (Å²) in [5, 5.41) is 0. The van der Waals surface area contributed by atoms with E-state index in [0.29, 0.717) is 0 Å². The zero-order valence-corrected chi connectivity index (χ0v) is 25.6. The van der Waals surface area contributed by atoms with Gasteiger partial charge in [0.15, 0.2) is 0 Å². The maximum absolute atomic E-state index is 12.9. The average molecular weight is 694 g/mol. The van der Waals surface area contributed by atoms with E-state index < -0.39 is 22.1 Å². The Morgan fingerprint density at radius 3 is 1.38 bits per heavy atom. The van der Waals surface area contributed by atoms with Gasteiger partial charge in [-0.3, -0.25) is 0 Å². The Labute approximate surface area is 237 Å². The maximum Gasteiger partial charge on any atom is 3.00 e. The molecule has 3 aromatic carbocycles. The molecule has 0 aromatic heterocycles. The van der Waals surface area contributed by atoms with Crippen molar-refractivity contribution in [3.63, 3.8) is 0 Å². The monoisotopic (exact) mass is 694 g/mol. The van der Waals surface area contributed by atoms with Gasteiger partial charge in [-0.15, -0.1) is 0 Å². The Morgan fingerprint density at radius 2 is 0.973 bits per heavy atom. The fourth-order valence-electron chi connectivity index (χ4n) is 4.24. The molecule has 6 heteroatoms. The van der Waals surface area contributed by atoms with Crippen molar-refractivity contribution in [2.24, 2.45) is 5.73 Å². The Kier molecular flexibility index (Phi) is 11.7. The number of rotatable bonds is 6. The predicted molar refractivity (Wildman–Crippen MR) is 149 cm³/mol. The van der Waals surface area contributed by atoms with Crippen LogP contribution < -0.4 is 10.5 Å².